The van der Waals surface area contributed by atoms with Crippen molar-refractivity contribution in [2.45, 2.75) is 17.2 Å². The van der Waals surface area contributed by atoms with Gasteiger partial charge in [0.25, 0.3) is 5.22 Å². The van der Waals surface area contributed by atoms with Gasteiger partial charge in [-0.2, -0.15) is 5.10 Å². The summed E-state index contributed by atoms with van der Waals surface area (Å²) in [5.74, 6) is 0.468. The molecule has 0 saturated heterocycles. The quantitative estimate of drug-likeness (QED) is 0.363. The minimum absolute atomic E-state index is 0.444. The van der Waals surface area contributed by atoms with E-state index < -0.39 is 0 Å². The Morgan fingerprint density at radius 1 is 1.04 bits per heavy atom. The van der Waals surface area contributed by atoms with Crippen LogP contribution in [0.15, 0.2) is 73.7 Å². The monoisotopic (exact) mass is 437 g/mol. The van der Waals surface area contributed by atoms with E-state index in [-0.39, 0.29) is 0 Å². The van der Waals surface area contributed by atoms with Crippen molar-refractivity contribution in [3.63, 3.8) is 0 Å². The first-order valence-electron chi connectivity index (χ1n) is 8.20. The summed E-state index contributed by atoms with van der Waals surface area (Å²) in [6.45, 7) is 1.96. The van der Waals surface area contributed by atoms with Crippen molar-refractivity contribution in [1.82, 2.24) is 24.8 Å². The van der Waals surface area contributed by atoms with Crippen molar-refractivity contribution in [3.8, 4) is 11.5 Å². The summed E-state index contributed by atoms with van der Waals surface area (Å²) in [4.78, 5) is 4.75. The highest BCUT2D eigenvalue weighted by Gasteiger charge is 2.16. The maximum atomic E-state index is 5.87. The van der Waals surface area contributed by atoms with Crippen LogP contribution in [0, 0.1) is 6.92 Å². The van der Waals surface area contributed by atoms with Crippen molar-refractivity contribution in [3.05, 3.63) is 64.8 Å². The third kappa shape index (κ3) is 2.90. The number of hydrogen-bond donors (Lipinski definition) is 0. The lowest BCUT2D eigenvalue weighted by atomic mass is 10.2. The first-order valence-corrected chi connectivity index (χ1v) is 9.81. The van der Waals surface area contributed by atoms with E-state index in [0.29, 0.717) is 11.1 Å². The molecule has 0 atom stereocenters. The summed E-state index contributed by atoms with van der Waals surface area (Å²) in [5, 5.41) is 15.1. The van der Waals surface area contributed by atoms with Gasteiger partial charge in [0, 0.05) is 15.9 Å². The highest BCUT2D eigenvalue weighted by Crippen LogP contribution is 2.34. The van der Waals surface area contributed by atoms with Crippen LogP contribution in [0.25, 0.3) is 28.0 Å². The predicted octanol–water partition coefficient (Wildman–Crippen LogP) is 5.15. The zero-order valence-electron chi connectivity index (χ0n) is 14.1. The van der Waals surface area contributed by atoms with Gasteiger partial charge in [0.2, 0.25) is 5.89 Å². The summed E-state index contributed by atoms with van der Waals surface area (Å²) >= 11 is 4.87. The molecule has 0 spiro atoms. The summed E-state index contributed by atoms with van der Waals surface area (Å²) in [5.41, 5.74) is 3.56. The number of nitrogens with zero attached hydrogens (tertiary/aromatic N) is 5. The molecular weight excluding hydrogens is 426 g/mol. The number of aromatic nitrogens is 5. The number of hydrogen-bond acceptors (Lipinski definition) is 6. The van der Waals surface area contributed by atoms with Crippen LogP contribution in [0.3, 0.4) is 0 Å². The summed E-state index contributed by atoms with van der Waals surface area (Å²) in [6, 6.07) is 17.7. The van der Waals surface area contributed by atoms with Gasteiger partial charge in [0.15, 0.2) is 5.65 Å². The van der Waals surface area contributed by atoms with Crippen molar-refractivity contribution in [2.24, 2.45) is 0 Å². The minimum Gasteiger partial charge on any atom is -0.411 e. The Labute approximate surface area is 166 Å². The minimum atomic E-state index is 0.444. The molecule has 0 unspecified atom stereocenters. The lowest BCUT2D eigenvalue weighted by Crippen LogP contribution is -1.95. The van der Waals surface area contributed by atoms with Crippen molar-refractivity contribution >= 4 is 44.2 Å². The molecule has 0 aliphatic rings. The van der Waals surface area contributed by atoms with E-state index >= 15 is 0 Å². The van der Waals surface area contributed by atoms with Crippen molar-refractivity contribution < 1.29 is 4.42 Å². The molecule has 0 N–H and O–H groups in total. The molecule has 27 heavy (non-hydrogen) atoms. The molecule has 0 radical (unpaired) electrons. The van der Waals surface area contributed by atoms with E-state index in [1.165, 1.54) is 11.8 Å². The molecule has 0 aliphatic carbocycles. The fraction of sp³-hybridized carbons (Fsp3) is 0.0526. The number of fused-ring (bicyclic) bond motifs is 3. The van der Waals surface area contributed by atoms with Crippen LogP contribution in [0.4, 0.5) is 0 Å². The van der Waals surface area contributed by atoms with Gasteiger partial charge in [0.1, 0.15) is 5.03 Å². The molecule has 2 aromatic carbocycles. The van der Waals surface area contributed by atoms with Gasteiger partial charge in [0.05, 0.1) is 16.8 Å². The zero-order valence-corrected chi connectivity index (χ0v) is 16.5. The van der Waals surface area contributed by atoms with Crippen molar-refractivity contribution in [2.75, 3.05) is 0 Å². The number of aryl methyl sites for hydroxylation is 1. The Kier molecular flexibility index (Phi) is 3.95. The average molecular weight is 438 g/mol. The van der Waals surface area contributed by atoms with Crippen LogP contribution < -0.4 is 0 Å². The Morgan fingerprint density at radius 3 is 2.74 bits per heavy atom. The number of benzene rings is 2. The third-order valence-electron chi connectivity index (χ3n) is 4.09. The van der Waals surface area contributed by atoms with Gasteiger partial charge in [-0.1, -0.05) is 30.3 Å². The Hall–Kier alpha value is -2.71. The molecule has 5 aromatic rings. The summed E-state index contributed by atoms with van der Waals surface area (Å²) < 4.78 is 8.63. The molecule has 0 fully saturated rings. The lowest BCUT2D eigenvalue weighted by Gasteiger charge is -2.05. The molecule has 0 bridgehead atoms. The number of para-hydroxylation sites is 1. The van der Waals surface area contributed by atoms with Gasteiger partial charge in [-0.3, -0.25) is 0 Å². The first-order chi connectivity index (χ1) is 13.2. The Morgan fingerprint density at radius 2 is 1.85 bits per heavy atom. The van der Waals surface area contributed by atoms with Gasteiger partial charge in [-0.25, -0.2) is 9.50 Å². The Bertz CT molecular complexity index is 1300. The lowest BCUT2D eigenvalue weighted by molar-refractivity contribution is 0.465. The second-order valence-corrected chi connectivity index (χ2v) is 7.74. The largest absolute Gasteiger partial charge is 0.411 e. The van der Waals surface area contributed by atoms with E-state index in [1.807, 2.05) is 66.0 Å². The number of rotatable bonds is 3. The fourth-order valence-corrected chi connectivity index (χ4v) is 4.14. The zero-order chi connectivity index (χ0) is 18.4. The highest BCUT2D eigenvalue weighted by molar-refractivity contribution is 9.10. The molecule has 3 heterocycles. The fourth-order valence-electron chi connectivity index (χ4n) is 2.90. The molecule has 0 amide bonds. The van der Waals surface area contributed by atoms with E-state index in [9.17, 15) is 0 Å². The normalized spacial score (nSPS) is 11.5. The predicted molar refractivity (Wildman–Crippen MR) is 107 cm³/mol. The van der Waals surface area contributed by atoms with Crippen molar-refractivity contribution in [1.29, 1.82) is 0 Å². The van der Waals surface area contributed by atoms with Gasteiger partial charge < -0.3 is 4.42 Å². The second-order valence-electron chi connectivity index (χ2n) is 5.94. The molecule has 0 aliphatic heterocycles. The molecule has 6 nitrogen and oxygen atoms in total. The first kappa shape index (κ1) is 16.5. The molecule has 0 saturated carbocycles. The molecule has 8 heteroatoms. The topological polar surface area (TPSA) is 69.1 Å². The van der Waals surface area contributed by atoms with Crippen LogP contribution in [-0.4, -0.2) is 24.8 Å². The maximum Gasteiger partial charge on any atom is 0.283 e. The third-order valence-corrected chi connectivity index (χ3v) is 5.62. The number of halogens is 1. The van der Waals surface area contributed by atoms with E-state index in [4.69, 9.17) is 9.40 Å². The highest BCUT2D eigenvalue weighted by atomic mass is 79.9. The van der Waals surface area contributed by atoms with Gasteiger partial charge in [-0.15, -0.1) is 10.2 Å². The molecule has 132 valence electrons. The van der Waals surface area contributed by atoms with E-state index in [2.05, 4.69) is 31.2 Å². The SMILES string of the molecule is Cc1cc2nc(Sc3nnc(-c4ccccc4Br)o3)c3ccccc3n2n1. The molecule has 5 rings (SSSR count). The maximum absolute atomic E-state index is 5.87. The van der Waals surface area contributed by atoms with Crippen LogP contribution in [0.5, 0.6) is 0 Å². The van der Waals surface area contributed by atoms with Crippen LogP contribution in [0.1, 0.15) is 5.69 Å². The standard InChI is InChI=1S/C19H12BrN5OS/c1-11-10-16-21-18(13-7-3-5-9-15(13)25(16)24-11)27-19-23-22-17(26-19)12-6-2-4-8-14(12)20/h2-10H,1H3. The van der Waals surface area contributed by atoms with Crippen LogP contribution in [0.2, 0.25) is 0 Å². The van der Waals surface area contributed by atoms with Crippen LogP contribution >= 0.6 is 27.7 Å². The smallest absolute Gasteiger partial charge is 0.283 e. The van der Waals surface area contributed by atoms with Gasteiger partial charge in [-0.05, 0) is 52.8 Å². The molecular formula is C19H12BrN5OS. The van der Waals surface area contributed by atoms with Gasteiger partial charge >= 0.3 is 0 Å². The van der Waals surface area contributed by atoms with Crippen LogP contribution in [-0.2, 0) is 0 Å². The average Bonchev–Trinajstić information content (AvgIpc) is 3.28. The summed E-state index contributed by atoms with van der Waals surface area (Å²) in [7, 11) is 0. The van der Waals surface area contributed by atoms with E-state index in [0.717, 1.165) is 37.3 Å². The molecule has 3 aromatic heterocycles. The van der Waals surface area contributed by atoms with E-state index in [1.54, 1.807) is 0 Å². The second kappa shape index (κ2) is 6.47. The Balaban J connectivity index is 1.60. The summed E-state index contributed by atoms with van der Waals surface area (Å²) in [6.07, 6.45) is 0.